The quantitative estimate of drug-likeness (QED) is 0.423. The maximum absolute atomic E-state index is 9.48. The minimum Gasteiger partial charge on any atom is -0.494 e. The molecule has 0 atom stereocenters. The van der Waals surface area contributed by atoms with Crippen LogP contribution in [0.5, 0.6) is 5.75 Å². The fraction of sp³-hybridized carbons (Fsp3) is 0.292. The third-order valence-corrected chi connectivity index (χ3v) is 5.08. The predicted octanol–water partition coefficient (Wildman–Crippen LogP) is 3.73. The lowest BCUT2D eigenvalue weighted by molar-refractivity contribution is 0.413. The molecule has 0 aliphatic rings. The highest BCUT2D eigenvalue weighted by Crippen LogP contribution is 2.36. The van der Waals surface area contributed by atoms with E-state index in [1.165, 1.54) is 6.20 Å². The van der Waals surface area contributed by atoms with Crippen molar-refractivity contribution in [3.8, 4) is 11.8 Å². The Morgan fingerprint density at radius 1 is 1.12 bits per heavy atom. The average Bonchev–Trinajstić information content (AvgIpc) is 2.78. The van der Waals surface area contributed by atoms with Crippen molar-refractivity contribution in [2.75, 3.05) is 62.6 Å². The molecule has 3 rings (SSSR count). The van der Waals surface area contributed by atoms with Crippen LogP contribution in [0.1, 0.15) is 11.1 Å². The van der Waals surface area contributed by atoms with Crippen molar-refractivity contribution >= 4 is 34.5 Å². The van der Waals surface area contributed by atoms with Gasteiger partial charge >= 0.3 is 0 Å². The topological polar surface area (TPSA) is 115 Å². The van der Waals surface area contributed by atoms with Crippen LogP contribution in [0.4, 0.5) is 34.5 Å². The summed E-state index contributed by atoms with van der Waals surface area (Å²) in [7, 11) is 7.66. The van der Waals surface area contributed by atoms with Gasteiger partial charge in [-0.1, -0.05) is 12.1 Å². The van der Waals surface area contributed by atoms with Gasteiger partial charge in [0, 0.05) is 31.9 Å². The summed E-state index contributed by atoms with van der Waals surface area (Å²) in [5.41, 5.74) is 10.7. The lowest BCUT2D eigenvalue weighted by atomic mass is 10.2. The highest BCUT2D eigenvalue weighted by molar-refractivity contribution is 5.79. The van der Waals surface area contributed by atoms with Crippen LogP contribution in [0.2, 0.25) is 0 Å². The van der Waals surface area contributed by atoms with Gasteiger partial charge < -0.3 is 30.9 Å². The smallest absolute Gasteiger partial charge is 0.229 e. The van der Waals surface area contributed by atoms with Crippen LogP contribution in [0, 0.1) is 18.3 Å². The molecule has 172 valence electrons. The van der Waals surface area contributed by atoms with Crippen molar-refractivity contribution < 1.29 is 4.74 Å². The zero-order valence-corrected chi connectivity index (χ0v) is 19.7. The fourth-order valence-corrected chi connectivity index (χ4v) is 3.25. The number of rotatable bonds is 9. The normalized spacial score (nSPS) is 10.6. The first-order valence-electron chi connectivity index (χ1n) is 10.5. The Balaban J connectivity index is 1.88. The molecular formula is C24H30N8O. The molecule has 1 heterocycles. The second-order valence-corrected chi connectivity index (χ2v) is 8.02. The summed E-state index contributed by atoms with van der Waals surface area (Å²) in [6, 6.07) is 13.7. The van der Waals surface area contributed by atoms with Gasteiger partial charge in [0.25, 0.3) is 0 Å². The second-order valence-electron chi connectivity index (χ2n) is 8.02. The summed E-state index contributed by atoms with van der Waals surface area (Å²) < 4.78 is 5.59. The number of nitriles is 1. The zero-order chi connectivity index (χ0) is 24.0. The minimum absolute atomic E-state index is 0.315. The summed E-state index contributed by atoms with van der Waals surface area (Å²) in [4.78, 5) is 13.0. The van der Waals surface area contributed by atoms with Crippen LogP contribution in [-0.4, -0.2) is 56.2 Å². The van der Waals surface area contributed by atoms with Crippen molar-refractivity contribution in [1.29, 1.82) is 5.26 Å². The highest BCUT2D eigenvalue weighted by Gasteiger charge is 2.15. The molecule has 33 heavy (non-hydrogen) atoms. The Labute approximate surface area is 194 Å². The molecule has 0 amide bonds. The summed E-state index contributed by atoms with van der Waals surface area (Å²) in [5.74, 6) is 1.33. The second kappa shape index (κ2) is 10.5. The van der Waals surface area contributed by atoms with Crippen LogP contribution < -0.4 is 26.0 Å². The monoisotopic (exact) mass is 446 g/mol. The van der Waals surface area contributed by atoms with E-state index in [1.54, 1.807) is 13.2 Å². The zero-order valence-electron chi connectivity index (χ0n) is 19.7. The molecule has 0 fully saturated rings. The van der Waals surface area contributed by atoms with Crippen molar-refractivity contribution in [2.45, 2.75) is 6.92 Å². The molecule has 0 unspecified atom stereocenters. The molecule has 0 bridgehead atoms. The number of ether oxygens (including phenoxy) is 1. The molecule has 0 aliphatic carbocycles. The standard InChI is InChI=1S/C24H30N8O/c1-16-7-6-8-18(11-16)28-23-17(14-25)15-27-24(30-23)29-20-12-19(26)21(13-22(20)33-5)32(4)10-9-31(2)3/h6-8,11-13,15H,9-10,26H2,1-5H3,(H2,27,28,29,30). The number of benzene rings is 2. The molecule has 0 spiro atoms. The van der Waals surface area contributed by atoms with E-state index in [1.807, 2.05) is 58.4 Å². The van der Waals surface area contributed by atoms with Gasteiger partial charge in [-0.05, 0) is 44.8 Å². The summed E-state index contributed by atoms with van der Waals surface area (Å²) in [5, 5.41) is 15.8. The SMILES string of the molecule is COc1cc(N(C)CCN(C)C)c(N)cc1Nc1ncc(C#N)c(Nc2cccc(C)c2)n1. The van der Waals surface area contributed by atoms with Crippen LogP contribution in [-0.2, 0) is 0 Å². The Kier molecular flexibility index (Phi) is 7.53. The maximum Gasteiger partial charge on any atom is 0.229 e. The average molecular weight is 447 g/mol. The van der Waals surface area contributed by atoms with Crippen molar-refractivity contribution in [1.82, 2.24) is 14.9 Å². The van der Waals surface area contributed by atoms with E-state index in [0.717, 1.165) is 30.0 Å². The van der Waals surface area contributed by atoms with Crippen LogP contribution in [0.25, 0.3) is 0 Å². The first kappa shape index (κ1) is 23.6. The van der Waals surface area contributed by atoms with Gasteiger partial charge in [-0.25, -0.2) is 4.98 Å². The third kappa shape index (κ3) is 6.02. The fourth-order valence-electron chi connectivity index (χ4n) is 3.25. The number of nitrogens with two attached hydrogens (primary N) is 1. The number of hydrogen-bond acceptors (Lipinski definition) is 9. The van der Waals surface area contributed by atoms with Gasteiger partial charge in [0.15, 0.2) is 5.82 Å². The first-order chi connectivity index (χ1) is 15.8. The third-order valence-electron chi connectivity index (χ3n) is 5.08. The number of aryl methyl sites for hydroxylation is 1. The van der Waals surface area contributed by atoms with Gasteiger partial charge in [-0.3, -0.25) is 0 Å². The molecule has 4 N–H and O–H groups in total. The molecule has 0 saturated carbocycles. The summed E-state index contributed by atoms with van der Waals surface area (Å²) in [6.07, 6.45) is 1.48. The number of nitrogen functional groups attached to an aromatic ring is 1. The molecule has 9 heteroatoms. The maximum atomic E-state index is 9.48. The van der Waals surface area contributed by atoms with Crippen molar-refractivity contribution in [3.05, 3.63) is 53.7 Å². The predicted molar refractivity (Wildman–Crippen MR) is 134 cm³/mol. The van der Waals surface area contributed by atoms with E-state index in [-0.39, 0.29) is 0 Å². The van der Waals surface area contributed by atoms with Gasteiger partial charge in [0.1, 0.15) is 17.4 Å². The molecule has 0 radical (unpaired) electrons. The Morgan fingerprint density at radius 3 is 2.58 bits per heavy atom. The molecule has 0 saturated heterocycles. The molecule has 1 aromatic heterocycles. The summed E-state index contributed by atoms with van der Waals surface area (Å²) >= 11 is 0. The molecule has 0 aliphatic heterocycles. The van der Waals surface area contributed by atoms with E-state index in [4.69, 9.17) is 10.5 Å². The molecule has 2 aromatic carbocycles. The number of anilines is 6. The van der Waals surface area contributed by atoms with E-state index in [9.17, 15) is 5.26 Å². The Bertz CT molecular complexity index is 1160. The number of aromatic nitrogens is 2. The molecule has 3 aromatic rings. The van der Waals surface area contributed by atoms with E-state index >= 15 is 0 Å². The van der Waals surface area contributed by atoms with Gasteiger partial charge in [0.2, 0.25) is 5.95 Å². The van der Waals surface area contributed by atoms with Crippen LogP contribution in [0.3, 0.4) is 0 Å². The lowest BCUT2D eigenvalue weighted by Gasteiger charge is -2.24. The Morgan fingerprint density at radius 2 is 1.91 bits per heavy atom. The van der Waals surface area contributed by atoms with Crippen LogP contribution >= 0.6 is 0 Å². The van der Waals surface area contributed by atoms with E-state index in [2.05, 4.69) is 36.5 Å². The van der Waals surface area contributed by atoms with Crippen molar-refractivity contribution in [2.24, 2.45) is 0 Å². The molecular weight excluding hydrogens is 416 g/mol. The number of likely N-dealkylation sites (N-methyl/N-ethyl adjacent to an activating group) is 2. The summed E-state index contributed by atoms with van der Waals surface area (Å²) in [6.45, 7) is 3.72. The largest absolute Gasteiger partial charge is 0.494 e. The lowest BCUT2D eigenvalue weighted by Crippen LogP contribution is -2.29. The van der Waals surface area contributed by atoms with Gasteiger partial charge in [-0.2, -0.15) is 10.2 Å². The first-order valence-corrected chi connectivity index (χ1v) is 10.5. The van der Waals surface area contributed by atoms with Gasteiger partial charge in [0.05, 0.1) is 30.4 Å². The van der Waals surface area contributed by atoms with Crippen molar-refractivity contribution in [3.63, 3.8) is 0 Å². The highest BCUT2D eigenvalue weighted by atomic mass is 16.5. The number of methoxy groups -OCH3 is 1. The minimum atomic E-state index is 0.315. The number of nitrogens with zero attached hydrogens (tertiary/aromatic N) is 5. The van der Waals surface area contributed by atoms with E-state index < -0.39 is 0 Å². The van der Waals surface area contributed by atoms with E-state index in [0.29, 0.717) is 34.5 Å². The number of hydrogen-bond donors (Lipinski definition) is 3. The van der Waals surface area contributed by atoms with Crippen LogP contribution in [0.15, 0.2) is 42.6 Å². The number of nitrogens with one attached hydrogen (secondary N) is 2. The Hall–Kier alpha value is -4.03. The molecule has 9 nitrogen and oxygen atoms in total. The van der Waals surface area contributed by atoms with Gasteiger partial charge in [-0.15, -0.1) is 0 Å².